The number of alkyl halides is 3. The molecule has 2 aromatic carbocycles. The van der Waals surface area contributed by atoms with Crippen LogP contribution in [0.25, 0.3) is 33.5 Å². The number of rotatable bonds is 4. The predicted molar refractivity (Wildman–Crippen MR) is 119 cm³/mol. The van der Waals surface area contributed by atoms with E-state index in [0.717, 1.165) is 42.9 Å². The van der Waals surface area contributed by atoms with Gasteiger partial charge in [0.15, 0.2) is 5.82 Å². The van der Waals surface area contributed by atoms with Crippen molar-refractivity contribution in [1.82, 2.24) is 25.1 Å². The van der Waals surface area contributed by atoms with Crippen molar-refractivity contribution in [3.05, 3.63) is 36.4 Å². The molecule has 0 amide bonds. The Kier molecular flexibility index (Phi) is 4.97. The molecule has 1 fully saturated rings. The Morgan fingerprint density at radius 1 is 1.09 bits per heavy atom. The SMILES string of the molecule is CN1CCN(c2ccc3nc(-c4[nH]nc5c(NS(=O)(=O)C(F)(F)F)cccc45)[nH]c3c2)CC1. The zero-order valence-electron chi connectivity index (χ0n) is 17.4. The van der Waals surface area contributed by atoms with Gasteiger partial charge < -0.3 is 14.8 Å². The maximum Gasteiger partial charge on any atom is 0.516 e. The molecule has 174 valence electrons. The van der Waals surface area contributed by atoms with E-state index < -0.39 is 15.5 Å². The Bertz CT molecular complexity index is 1440. The Morgan fingerprint density at radius 3 is 2.58 bits per heavy atom. The molecule has 3 heterocycles. The number of hydrogen-bond acceptors (Lipinski definition) is 6. The van der Waals surface area contributed by atoms with E-state index in [9.17, 15) is 21.6 Å². The molecule has 4 aromatic rings. The highest BCUT2D eigenvalue weighted by molar-refractivity contribution is 7.93. The van der Waals surface area contributed by atoms with Gasteiger partial charge in [-0.25, -0.2) is 4.98 Å². The summed E-state index contributed by atoms with van der Waals surface area (Å²) in [5.41, 5.74) is -2.62. The number of fused-ring (bicyclic) bond motifs is 2. The molecular weight excluding hydrogens is 459 g/mol. The van der Waals surface area contributed by atoms with Gasteiger partial charge in [-0.1, -0.05) is 12.1 Å². The fraction of sp³-hybridized carbons (Fsp3) is 0.300. The van der Waals surface area contributed by atoms with Crippen LogP contribution >= 0.6 is 0 Å². The van der Waals surface area contributed by atoms with Gasteiger partial charge in [-0.2, -0.15) is 26.7 Å². The van der Waals surface area contributed by atoms with Gasteiger partial charge in [0.1, 0.15) is 11.2 Å². The molecule has 0 spiro atoms. The van der Waals surface area contributed by atoms with E-state index in [0.29, 0.717) is 16.9 Å². The first-order chi connectivity index (χ1) is 15.6. The van der Waals surface area contributed by atoms with Gasteiger partial charge in [-0.15, -0.1) is 0 Å². The standard InChI is InChI=1S/C20H20F3N7O2S/c1-29-7-9-30(10-8-29)12-5-6-14-16(11-12)25-19(24-14)18-13-3-2-4-15(17(13)26-27-18)28-33(31,32)20(21,22)23/h2-6,11,28H,7-10H2,1H3,(H,24,25)(H,26,27). The summed E-state index contributed by atoms with van der Waals surface area (Å²) in [5, 5.41) is 7.23. The Morgan fingerprint density at radius 2 is 1.85 bits per heavy atom. The monoisotopic (exact) mass is 479 g/mol. The number of H-pyrrole nitrogens is 2. The van der Waals surface area contributed by atoms with E-state index in [1.165, 1.54) is 12.1 Å². The molecule has 0 unspecified atom stereocenters. The van der Waals surface area contributed by atoms with Crippen molar-refractivity contribution in [1.29, 1.82) is 0 Å². The molecule has 0 aliphatic carbocycles. The minimum absolute atomic E-state index is 0.0545. The summed E-state index contributed by atoms with van der Waals surface area (Å²) in [4.78, 5) is 12.4. The van der Waals surface area contributed by atoms with Crippen molar-refractivity contribution in [2.24, 2.45) is 0 Å². The molecule has 0 atom stereocenters. The third kappa shape index (κ3) is 3.86. The third-order valence-corrected chi connectivity index (χ3v) is 6.80. The van der Waals surface area contributed by atoms with Crippen molar-refractivity contribution in [2.75, 3.05) is 42.8 Å². The highest BCUT2D eigenvalue weighted by atomic mass is 32.2. The van der Waals surface area contributed by atoms with E-state index in [1.54, 1.807) is 10.8 Å². The molecule has 3 N–H and O–H groups in total. The molecule has 0 bridgehead atoms. The molecule has 33 heavy (non-hydrogen) atoms. The molecule has 13 heteroatoms. The minimum Gasteiger partial charge on any atom is -0.369 e. The molecule has 9 nitrogen and oxygen atoms in total. The second kappa shape index (κ2) is 7.63. The van der Waals surface area contributed by atoms with Crippen LogP contribution in [0.4, 0.5) is 24.5 Å². The highest BCUT2D eigenvalue weighted by Crippen LogP contribution is 2.33. The summed E-state index contributed by atoms with van der Waals surface area (Å²) in [6.45, 7) is 3.80. The maximum absolute atomic E-state index is 12.8. The average molecular weight is 479 g/mol. The lowest BCUT2D eigenvalue weighted by Gasteiger charge is -2.34. The van der Waals surface area contributed by atoms with Crippen molar-refractivity contribution in [3.8, 4) is 11.5 Å². The van der Waals surface area contributed by atoms with Crippen molar-refractivity contribution < 1.29 is 21.6 Å². The van der Waals surface area contributed by atoms with Crippen LogP contribution in [0.1, 0.15) is 0 Å². The Labute approximate surface area is 186 Å². The van der Waals surface area contributed by atoms with Crippen molar-refractivity contribution in [3.63, 3.8) is 0 Å². The van der Waals surface area contributed by atoms with E-state index in [-0.39, 0.29) is 11.2 Å². The second-order valence-electron chi connectivity index (χ2n) is 7.93. The molecule has 0 saturated carbocycles. The van der Waals surface area contributed by atoms with E-state index in [2.05, 4.69) is 37.0 Å². The van der Waals surface area contributed by atoms with Crippen molar-refractivity contribution >= 4 is 43.3 Å². The number of aromatic amines is 2. The third-order valence-electron chi connectivity index (χ3n) is 5.70. The van der Waals surface area contributed by atoms with Crippen LogP contribution in [0.5, 0.6) is 0 Å². The van der Waals surface area contributed by atoms with Crippen LogP contribution in [0, 0.1) is 0 Å². The number of imidazole rings is 1. The second-order valence-corrected chi connectivity index (χ2v) is 9.60. The Hall–Kier alpha value is -3.32. The van der Waals surface area contributed by atoms with Crippen molar-refractivity contribution in [2.45, 2.75) is 5.51 Å². The number of halogens is 3. The number of para-hydroxylation sites is 1. The van der Waals surface area contributed by atoms with Gasteiger partial charge >= 0.3 is 15.5 Å². The number of sulfonamides is 1. The predicted octanol–water partition coefficient (Wildman–Crippen LogP) is 3.12. The molecule has 5 rings (SSSR count). The smallest absolute Gasteiger partial charge is 0.369 e. The van der Waals surface area contributed by atoms with Crippen LogP contribution in [-0.2, 0) is 10.0 Å². The van der Waals surface area contributed by atoms with Gasteiger partial charge in [-0.05, 0) is 31.3 Å². The summed E-state index contributed by atoms with van der Waals surface area (Å²) in [6, 6.07) is 10.2. The molecule has 2 aromatic heterocycles. The number of benzene rings is 2. The minimum atomic E-state index is -5.57. The lowest BCUT2D eigenvalue weighted by molar-refractivity contribution is -0.0429. The number of aromatic nitrogens is 4. The van der Waals surface area contributed by atoms with Gasteiger partial charge in [0, 0.05) is 37.3 Å². The first-order valence-electron chi connectivity index (χ1n) is 10.1. The average Bonchev–Trinajstić information content (AvgIpc) is 3.37. The normalized spacial score (nSPS) is 16.1. The van der Waals surface area contributed by atoms with E-state index in [1.807, 2.05) is 18.2 Å². The maximum atomic E-state index is 12.8. The topological polar surface area (TPSA) is 110 Å². The van der Waals surface area contributed by atoms with Crippen LogP contribution in [-0.4, -0.2) is 72.2 Å². The molecular formula is C20H20F3N7O2S. The summed E-state index contributed by atoms with van der Waals surface area (Å²) in [7, 11) is -3.48. The number of likely N-dealkylation sites (N-methyl/N-ethyl adjacent to an activating group) is 1. The summed E-state index contributed by atoms with van der Waals surface area (Å²) in [5.74, 6) is 0.443. The first kappa shape index (κ1) is 21.5. The fourth-order valence-electron chi connectivity index (χ4n) is 3.88. The highest BCUT2D eigenvalue weighted by Gasteiger charge is 2.46. The quantitative estimate of drug-likeness (QED) is 0.415. The Balaban J connectivity index is 1.50. The summed E-state index contributed by atoms with van der Waals surface area (Å²) < 4.78 is 63.0. The van der Waals surface area contributed by atoms with Gasteiger partial charge in [0.25, 0.3) is 0 Å². The summed E-state index contributed by atoms with van der Waals surface area (Å²) in [6.07, 6.45) is 0. The lowest BCUT2D eigenvalue weighted by Crippen LogP contribution is -2.44. The number of nitrogens with zero attached hydrogens (tertiary/aromatic N) is 4. The number of anilines is 2. The van der Waals surface area contributed by atoms with Crippen LogP contribution < -0.4 is 9.62 Å². The molecule has 0 radical (unpaired) electrons. The molecule has 1 saturated heterocycles. The van der Waals surface area contributed by atoms with Crippen LogP contribution in [0.2, 0.25) is 0 Å². The lowest BCUT2D eigenvalue weighted by atomic mass is 10.2. The van der Waals surface area contributed by atoms with Gasteiger partial charge in [0.2, 0.25) is 0 Å². The van der Waals surface area contributed by atoms with E-state index in [4.69, 9.17) is 0 Å². The van der Waals surface area contributed by atoms with Crippen LogP contribution in [0.3, 0.4) is 0 Å². The zero-order valence-corrected chi connectivity index (χ0v) is 18.3. The first-order valence-corrected chi connectivity index (χ1v) is 11.6. The summed E-state index contributed by atoms with van der Waals surface area (Å²) >= 11 is 0. The fourth-order valence-corrected chi connectivity index (χ4v) is 4.45. The van der Waals surface area contributed by atoms with Gasteiger partial charge in [-0.3, -0.25) is 9.82 Å². The molecule has 1 aliphatic heterocycles. The van der Waals surface area contributed by atoms with Crippen LogP contribution in [0.15, 0.2) is 36.4 Å². The zero-order chi connectivity index (χ0) is 23.4. The molecule has 1 aliphatic rings. The van der Waals surface area contributed by atoms with E-state index >= 15 is 0 Å². The van der Waals surface area contributed by atoms with Gasteiger partial charge in [0.05, 0.1) is 16.7 Å². The number of hydrogen-bond donors (Lipinski definition) is 3. The largest absolute Gasteiger partial charge is 0.516 e. The number of nitrogens with one attached hydrogen (secondary N) is 3. The number of piperazine rings is 1.